The Morgan fingerprint density at radius 2 is 2.00 bits per heavy atom. The molecular formula is C19H19ClN4OS. The maximum absolute atomic E-state index is 13.1. The van der Waals surface area contributed by atoms with Gasteiger partial charge in [-0.2, -0.15) is 0 Å². The molecule has 2 aromatic carbocycles. The average Bonchev–Trinajstić information content (AvgIpc) is 3.11. The molecule has 2 aromatic rings. The van der Waals surface area contributed by atoms with Gasteiger partial charge in [-0.25, -0.2) is 10.4 Å². The number of rotatable bonds is 3. The summed E-state index contributed by atoms with van der Waals surface area (Å²) in [5.74, 6) is 0.610. The largest absolute Gasteiger partial charge is 0.274 e. The van der Waals surface area contributed by atoms with Gasteiger partial charge in [-0.1, -0.05) is 47.6 Å². The van der Waals surface area contributed by atoms with E-state index in [-0.39, 0.29) is 18.0 Å². The van der Waals surface area contributed by atoms with Gasteiger partial charge in [-0.05, 0) is 42.3 Å². The minimum Gasteiger partial charge on any atom is -0.274 e. The fourth-order valence-electron chi connectivity index (χ4n) is 3.11. The SMILES string of the molecule is Cc1ccccc1CSC1=NC2NNCC2C(=O)N1c1ccc(Cl)cc1. The first-order chi connectivity index (χ1) is 12.6. The Labute approximate surface area is 161 Å². The highest BCUT2D eigenvalue weighted by molar-refractivity contribution is 8.13. The number of nitrogens with one attached hydrogen (secondary N) is 2. The monoisotopic (exact) mass is 386 g/mol. The van der Waals surface area contributed by atoms with Gasteiger partial charge in [0.1, 0.15) is 6.17 Å². The van der Waals surface area contributed by atoms with Gasteiger partial charge in [0, 0.05) is 17.3 Å². The molecule has 0 aliphatic carbocycles. The third kappa shape index (κ3) is 3.38. The Hall–Kier alpha value is -1.86. The fraction of sp³-hybridized carbons (Fsp3) is 0.263. The number of hydrazine groups is 1. The van der Waals surface area contributed by atoms with Crippen molar-refractivity contribution in [1.29, 1.82) is 0 Å². The van der Waals surface area contributed by atoms with Gasteiger partial charge in [-0.15, -0.1) is 0 Å². The van der Waals surface area contributed by atoms with E-state index in [0.717, 1.165) is 11.4 Å². The van der Waals surface area contributed by atoms with E-state index in [9.17, 15) is 4.79 Å². The van der Waals surface area contributed by atoms with E-state index in [0.29, 0.717) is 16.7 Å². The van der Waals surface area contributed by atoms with Crippen molar-refractivity contribution in [3.05, 3.63) is 64.7 Å². The van der Waals surface area contributed by atoms with Gasteiger partial charge in [0.05, 0.1) is 11.6 Å². The summed E-state index contributed by atoms with van der Waals surface area (Å²) in [6.07, 6.45) is -0.217. The molecule has 2 aliphatic rings. The Kier molecular flexibility index (Phi) is 5.00. The number of carbonyl (C=O) groups excluding carboxylic acids is 1. The van der Waals surface area contributed by atoms with Crippen LogP contribution in [0, 0.1) is 12.8 Å². The second-order valence-corrected chi connectivity index (χ2v) is 7.73. The van der Waals surface area contributed by atoms with Gasteiger partial charge >= 0.3 is 0 Å². The number of nitrogens with zero attached hydrogens (tertiary/aromatic N) is 2. The summed E-state index contributed by atoms with van der Waals surface area (Å²) in [7, 11) is 0. The van der Waals surface area contributed by atoms with Crippen LogP contribution in [0.1, 0.15) is 11.1 Å². The lowest BCUT2D eigenvalue weighted by Crippen LogP contribution is -2.49. The molecule has 5 nitrogen and oxygen atoms in total. The maximum Gasteiger partial charge on any atom is 0.241 e. The van der Waals surface area contributed by atoms with Crippen molar-refractivity contribution >= 4 is 40.1 Å². The van der Waals surface area contributed by atoms with Crippen molar-refractivity contribution in [2.75, 3.05) is 11.4 Å². The summed E-state index contributed by atoms with van der Waals surface area (Å²) in [4.78, 5) is 19.6. The van der Waals surface area contributed by atoms with Crippen LogP contribution in [0.15, 0.2) is 53.5 Å². The van der Waals surface area contributed by atoms with Gasteiger partial charge in [-0.3, -0.25) is 15.1 Å². The van der Waals surface area contributed by atoms with Crippen molar-refractivity contribution < 1.29 is 4.79 Å². The fourth-order valence-corrected chi connectivity index (χ4v) is 4.36. The summed E-state index contributed by atoms with van der Waals surface area (Å²) in [5.41, 5.74) is 9.40. The number of hydrogen-bond acceptors (Lipinski definition) is 5. The number of aryl methyl sites for hydroxylation is 1. The smallest absolute Gasteiger partial charge is 0.241 e. The highest BCUT2D eigenvalue weighted by atomic mass is 35.5. The molecule has 0 saturated carbocycles. The van der Waals surface area contributed by atoms with Crippen LogP contribution in [0.2, 0.25) is 5.02 Å². The highest BCUT2D eigenvalue weighted by Crippen LogP contribution is 2.31. The van der Waals surface area contributed by atoms with Crippen molar-refractivity contribution in [2.24, 2.45) is 10.9 Å². The van der Waals surface area contributed by atoms with E-state index in [2.05, 4.69) is 29.9 Å². The van der Waals surface area contributed by atoms with Crippen LogP contribution in [0.25, 0.3) is 0 Å². The number of benzene rings is 2. The molecule has 2 heterocycles. The molecule has 1 saturated heterocycles. The normalized spacial score (nSPS) is 22.3. The number of halogens is 1. The van der Waals surface area contributed by atoms with Crippen LogP contribution in [-0.4, -0.2) is 23.8 Å². The Morgan fingerprint density at radius 3 is 2.77 bits per heavy atom. The van der Waals surface area contributed by atoms with Crippen LogP contribution < -0.4 is 15.8 Å². The van der Waals surface area contributed by atoms with E-state index in [4.69, 9.17) is 16.6 Å². The minimum atomic E-state index is -0.217. The zero-order valence-electron chi connectivity index (χ0n) is 14.3. The molecule has 2 aliphatic heterocycles. The van der Waals surface area contributed by atoms with E-state index < -0.39 is 0 Å². The lowest BCUT2D eigenvalue weighted by Gasteiger charge is -2.32. The zero-order valence-corrected chi connectivity index (χ0v) is 15.8. The molecule has 0 bridgehead atoms. The lowest BCUT2D eigenvalue weighted by atomic mass is 10.0. The third-order valence-corrected chi connectivity index (χ3v) is 5.89. The number of amidine groups is 1. The molecular weight excluding hydrogens is 368 g/mol. The third-order valence-electron chi connectivity index (χ3n) is 4.63. The predicted molar refractivity (Wildman–Crippen MR) is 107 cm³/mol. The summed E-state index contributed by atoms with van der Waals surface area (Å²) in [6, 6.07) is 15.6. The van der Waals surface area contributed by atoms with Gasteiger partial charge < -0.3 is 0 Å². The number of anilines is 1. The first kappa shape index (κ1) is 17.5. The quantitative estimate of drug-likeness (QED) is 0.849. The highest BCUT2D eigenvalue weighted by Gasteiger charge is 2.42. The van der Waals surface area contributed by atoms with E-state index in [1.165, 1.54) is 11.1 Å². The van der Waals surface area contributed by atoms with Gasteiger partial charge in [0.25, 0.3) is 0 Å². The van der Waals surface area contributed by atoms with Gasteiger partial charge in [0.2, 0.25) is 5.91 Å². The molecule has 2 atom stereocenters. The number of hydrogen-bond donors (Lipinski definition) is 2. The number of carbonyl (C=O) groups is 1. The number of fused-ring (bicyclic) bond motifs is 1. The van der Waals surface area contributed by atoms with Crippen LogP contribution in [0.4, 0.5) is 5.69 Å². The van der Waals surface area contributed by atoms with Gasteiger partial charge in [0.15, 0.2) is 5.17 Å². The van der Waals surface area contributed by atoms with E-state index in [1.807, 2.05) is 24.3 Å². The molecule has 0 aromatic heterocycles. The Bertz CT molecular complexity index is 855. The van der Waals surface area contributed by atoms with Crippen LogP contribution >= 0.6 is 23.4 Å². The van der Waals surface area contributed by atoms with Crippen LogP contribution in [-0.2, 0) is 10.5 Å². The predicted octanol–water partition coefficient (Wildman–Crippen LogP) is 3.33. The molecule has 7 heteroatoms. The first-order valence-corrected chi connectivity index (χ1v) is 9.83. The Morgan fingerprint density at radius 1 is 1.23 bits per heavy atom. The topological polar surface area (TPSA) is 56.7 Å². The average molecular weight is 387 g/mol. The molecule has 134 valence electrons. The first-order valence-electron chi connectivity index (χ1n) is 8.46. The molecule has 1 fully saturated rings. The van der Waals surface area contributed by atoms with Crippen LogP contribution in [0.3, 0.4) is 0 Å². The molecule has 2 N–H and O–H groups in total. The number of aliphatic imine (C=N–C) groups is 1. The summed E-state index contributed by atoms with van der Waals surface area (Å²) >= 11 is 7.59. The van der Waals surface area contributed by atoms with Crippen molar-refractivity contribution in [2.45, 2.75) is 18.8 Å². The van der Waals surface area contributed by atoms with Crippen molar-refractivity contribution in [3.63, 3.8) is 0 Å². The number of thioether (sulfide) groups is 1. The Balaban J connectivity index is 1.65. The zero-order chi connectivity index (χ0) is 18.1. The van der Waals surface area contributed by atoms with Crippen molar-refractivity contribution in [1.82, 2.24) is 10.9 Å². The van der Waals surface area contributed by atoms with Crippen LogP contribution in [0.5, 0.6) is 0 Å². The summed E-state index contributed by atoms with van der Waals surface area (Å²) in [5, 5.41) is 1.35. The second kappa shape index (κ2) is 7.40. The summed E-state index contributed by atoms with van der Waals surface area (Å²) in [6.45, 7) is 2.67. The number of amides is 1. The minimum absolute atomic E-state index is 0.0529. The van der Waals surface area contributed by atoms with E-state index >= 15 is 0 Å². The molecule has 0 radical (unpaired) electrons. The summed E-state index contributed by atoms with van der Waals surface area (Å²) < 4.78 is 0. The molecule has 0 spiro atoms. The molecule has 1 amide bonds. The molecule has 4 rings (SSSR count). The lowest BCUT2D eigenvalue weighted by molar-refractivity contribution is -0.121. The molecule has 26 heavy (non-hydrogen) atoms. The standard InChI is InChI=1S/C19H19ClN4OS/c1-12-4-2-3-5-13(12)11-26-19-22-17-16(10-21-23-17)18(25)24(19)15-8-6-14(20)7-9-15/h2-9,16-17,21,23H,10-11H2,1H3. The van der Waals surface area contributed by atoms with Crippen molar-refractivity contribution in [3.8, 4) is 0 Å². The second-order valence-electron chi connectivity index (χ2n) is 6.35. The molecule has 2 unspecified atom stereocenters. The maximum atomic E-state index is 13.1. The van der Waals surface area contributed by atoms with E-state index in [1.54, 1.807) is 28.8 Å².